The number of ether oxygens (including phenoxy) is 1. The SMILES string of the molecule is Cc1ccc(OCc2nc(C(=O)Nc3ccc(Cl)cc3Cl)cs2)cc1. The van der Waals surface area contributed by atoms with Gasteiger partial charge in [0.05, 0.1) is 10.7 Å². The van der Waals surface area contributed by atoms with Crippen molar-refractivity contribution in [3.63, 3.8) is 0 Å². The monoisotopic (exact) mass is 392 g/mol. The number of nitrogens with zero attached hydrogens (tertiary/aromatic N) is 1. The van der Waals surface area contributed by atoms with Gasteiger partial charge in [-0.2, -0.15) is 0 Å². The molecule has 4 nitrogen and oxygen atoms in total. The highest BCUT2D eigenvalue weighted by molar-refractivity contribution is 7.09. The molecule has 0 aliphatic carbocycles. The van der Waals surface area contributed by atoms with Crippen LogP contribution in [-0.4, -0.2) is 10.9 Å². The van der Waals surface area contributed by atoms with Crippen molar-refractivity contribution in [3.8, 4) is 5.75 Å². The van der Waals surface area contributed by atoms with Crippen LogP contribution in [0.4, 0.5) is 5.69 Å². The lowest BCUT2D eigenvalue weighted by molar-refractivity contribution is 0.102. The minimum Gasteiger partial charge on any atom is -0.486 e. The van der Waals surface area contributed by atoms with Crippen molar-refractivity contribution < 1.29 is 9.53 Å². The highest BCUT2D eigenvalue weighted by Crippen LogP contribution is 2.26. The molecule has 0 aliphatic heterocycles. The Labute approximate surface area is 159 Å². The summed E-state index contributed by atoms with van der Waals surface area (Å²) in [6, 6.07) is 12.6. The molecule has 0 saturated carbocycles. The maximum Gasteiger partial charge on any atom is 0.275 e. The van der Waals surface area contributed by atoms with E-state index in [1.807, 2.05) is 31.2 Å². The number of rotatable bonds is 5. The number of aryl methyl sites for hydroxylation is 1. The molecule has 0 atom stereocenters. The fourth-order valence-electron chi connectivity index (χ4n) is 2.04. The lowest BCUT2D eigenvalue weighted by Crippen LogP contribution is -2.12. The Bertz CT molecular complexity index is 894. The quantitative estimate of drug-likeness (QED) is 0.615. The molecular weight excluding hydrogens is 379 g/mol. The third kappa shape index (κ3) is 4.72. The molecule has 1 heterocycles. The van der Waals surface area contributed by atoms with Crippen LogP contribution in [0.5, 0.6) is 5.75 Å². The van der Waals surface area contributed by atoms with Gasteiger partial charge in [0.25, 0.3) is 5.91 Å². The molecule has 2 aromatic carbocycles. The maximum atomic E-state index is 12.3. The third-order valence-corrected chi connectivity index (χ3v) is 4.72. The number of hydrogen-bond donors (Lipinski definition) is 1. The largest absolute Gasteiger partial charge is 0.486 e. The van der Waals surface area contributed by atoms with E-state index in [1.54, 1.807) is 23.6 Å². The molecule has 7 heteroatoms. The van der Waals surface area contributed by atoms with Gasteiger partial charge in [-0.1, -0.05) is 40.9 Å². The Morgan fingerprint density at radius 1 is 1.20 bits per heavy atom. The fraction of sp³-hybridized carbons (Fsp3) is 0.111. The zero-order chi connectivity index (χ0) is 17.8. The molecule has 1 aromatic heterocycles. The molecule has 0 aliphatic rings. The zero-order valence-electron chi connectivity index (χ0n) is 13.3. The first-order valence-electron chi connectivity index (χ1n) is 7.41. The highest BCUT2D eigenvalue weighted by Gasteiger charge is 2.13. The Balaban J connectivity index is 1.62. The summed E-state index contributed by atoms with van der Waals surface area (Å²) in [6.45, 7) is 2.32. The third-order valence-electron chi connectivity index (χ3n) is 3.35. The molecule has 3 rings (SSSR count). The number of nitrogens with one attached hydrogen (secondary N) is 1. The smallest absolute Gasteiger partial charge is 0.275 e. The van der Waals surface area contributed by atoms with Crippen LogP contribution in [0.2, 0.25) is 10.0 Å². The van der Waals surface area contributed by atoms with Crippen molar-refractivity contribution in [2.24, 2.45) is 0 Å². The second-order valence-corrected chi connectivity index (χ2v) is 7.09. The summed E-state index contributed by atoms with van der Waals surface area (Å²) >= 11 is 13.3. The lowest BCUT2D eigenvalue weighted by Gasteiger charge is -2.06. The average Bonchev–Trinajstić information content (AvgIpc) is 3.06. The normalized spacial score (nSPS) is 10.5. The molecule has 1 N–H and O–H groups in total. The van der Waals surface area contributed by atoms with Crippen LogP contribution in [0.3, 0.4) is 0 Å². The molecule has 25 heavy (non-hydrogen) atoms. The predicted octanol–water partition coefficient (Wildman–Crippen LogP) is 5.59. The van der Waals surface area contributed by atoms with Gasteiger partial charge in [-0.3, -0.25) is 4.79 Å². The summed E-state index contributed by atoms with van der Waals surface area (Å²) in [5.41, 5.74) is 1.97. The molecule has 0 fully saturated rings. The van der Waals surface area contributed by atoms with E-state index in [0.29, 0.717) is 33.0 Å². The first-order chi connectivity index (χ1) is 12.0. The maximum absolute atomic E-state index is 12.3. The van der Waals surface area contributed by atoms with E-state index >= 15 is 0 Å². The zero-order valence-corrected chi connectivity index (χ0v) is 15.6. The number of thiazole rings is 1. The molecule has 3 aromatic rings. The van der Waals surface area contributed by atoms with E-state index in [1.165, 1.54) is 16.9 Å². The Hall–Kier alpha value is -2.08. The summed E-state index contributed by atoms with van der Waals surface area (Å²) in [6.07, 6.45) is 0. The molecule has 0 radical (unpaired) electrons. The van der Waals surface area contributed by atoms with Crippen LogP contribution >= 0.6 is 34.5 Å². The molecule has 0 bridgehead atoms. The first-order valence-corrected chi connectivity index (χ1v) is 9.05. The van der Waals surface area contributed by atoms with Gasteiger partial charge >= 0.3 is 0 Å². The average molecular weight is 393 g/mol. The molecule has 0 spiro atoms. The van der Waals surface area contributed by atoms with Gasteiger partial charge in [-0.15, -0.1) is 11.3 Å². The van der Waals surface area contributed by atoms with Crippen molar-refractivity contribution in [1.82, 2.24) is 4.98 Å². The number of carbonyl (C=O) groups is 1. The van der Waals surface area contributed by atoms with E-state index in [0.717, 1.165) is 5.75 Å². The summed E-state index contributed by atoms with van der Waals surface area (Å²) in [4.78, 5) is 16.6. The van der Waals surface area contributed by atoms with Crippen LogP contribution < -0.4 is 10.1 Å². The van der Waals surface area contributed by atoms with Crippen LogP contribution in [0.1, 0.15) is 21.1 Å². The number of amides is 1. The lowest BCUT2D eigenvalue weighted by atomic mass is 10.2. The van der Waals surface area contributed by atoms with Crippen molar-refractivity contribution >= 4 is 46.1 Å². The van der Waals surface area contributed by atoms with Crippen molar-refractivity contribution in [1.29, 1.82) is 0 Å². The number of aromatic nitrogens is 1. The van der Waals surface area contributed by atoms with Crippen LogP contribution in [-0.2, 0) is 6.61 Å². The van der Waals surface area contributed by atoms with Crippen molar-refractivity contribution in [3.05, 3.63) is 74.2 Å². The molecular formula is C18H14Cl2N2O2S. The van der Waals surface area contributed by atoms with Gasteiger partial charge in [0, 0.05) is 10.4 Å². The van der Waals surface area contributed by atoms with E-state index in [-0.39, 0.29) is 5.91 Å². The van der Waals surface area contributed by atoms with Gasteiger partial charge in [0.15, 0.2) is 0 Å². The Morgan fingerprint density at radius 3 is 2.68 bits per heavy atom. The predicted molar refractivity (Wildman–Crippen MR) is 102 cm³/mol. The molecule has 128 valence electrons. The number of halogens is 2. The summed E-state index contributed by atoms with van der Waals surface area (Å²) in [7, 11) is 0. The van der Waals surface area contributed by atoms with Crippen LogP contribution in [0.25, 0.3) is 0 Å². The minimum atomic E-state index is -0.331. The topological polar surface area (TPSA) is 51.2 Å². The second-order valence-electron chi connectivity index (χ2n) is 5.31. The number of anilines is 1. The van der Waals surface area contributed by atoms with Gasteiger partial charge in [0.2, 0.25) is 0 Å². The minimum absolute atomic E-state index is 0.308. The highest BCUT2D eigenvalue weighted by atomic mass is 35.5. The fourth-order valence-corrected chi connectivity index (χ4v) is 3.18. The summed E-state index contributed by atoms with van der Waals surface area (Å²) in [5, 5.41) is 6.00. The van der Waals surface area contributed by atoms with E-state index in [4.69, 9.17) is 27.9 Å². The van der Waals surface area contributed by atoms with Gasteiger partial charge in [-0.05, 0) is 37.3 Å². The Morgan fingerprint density at radius 2 is 1.96 bits per heavy atom. The van der Waals surface area contributed by atoms with E-state index < -0.39 is 0 Å². The van der Waals surface area contributed by atoms with Crippen molar-refractivity contribution in [2.45, 2.75) is 13.5 Å². The van der Waals surface area contributed by atoms with E-state index in [9.17, 15) is 4.79 Å². The summed E-state index contributed by atoms with van der Waals surface area (Å²) < 4.78 is 5.67. The Kier molecular flexibility index (Phi) is 5.58. The van der Waals surface area contributed by atoms with Gasteiger partial charge in [-0.25, -0.2) is 4.98 Å². The van der Waals surface area contributed by atoms with Crippen LogP contribution in [0.15, 0.2) is 47.8 Å². The van der Waals surface area contributed by atoms with Gasteiger partial charge in [0.1, 0.15) is 23.1 Å². The molecule has 1 amide bonds. The second kappa shape index (κ2) is 7.87. The van der Waals surface area contributed by atoms with Crippen molar-refractivity contribution in [2.75, 3.05) is 5.32 Å². The standard InChI is InChI=1S/C18H14Cl2N2O2S/c1-11-2-5-13(6-3-11)24-9-17-21-16(10-25-17)18(23)22-15-7-4-12(19)8-14(15)20/h2-8,10H,9H2,1H3,(H,22,23). The molecule has 0 unspecified atom stereocenters. The first kappa shape index (κ1) is 17.7. The molecule has 0 saturated heterocycles. The van der Waals surface area contributed by atoms with E-state index in [2.05, 4.69) is 10.3 Å². The van der Waals surface area contributed by atoms with Gasteiger partial charge < -0.3 is 10.1 Å². The van der Waals surface area contributed by atoms with Crippen LogP contribution in [0, 0.1) is 6.92 Å². The number of hydrogen-bond acceptors (Lipinski definition) is 4. The number of carbonyl (C=O) groups excluding carboxylic acids is 1. The summed E-state index contributed by atoms with van der Waals surface area (Å²) in [5.74, 6) is 0.432. The number of benzene rings is 2.